The van der Waals surface area contributed by atoms with Gasteiger partial charge in [0.1, 0.15) is 0 Å². The Kier molecular flexibility index (Phi) is 5.68. The van der Waals surface area contributed by atoms with Crippen molar-refractivity contribution in [2.45, 2.75) is 53.1 Å². The Labute approximate surface area is 117 Å². The molecule has 0 saturated carbocycles. The lowest BCUT2D eigenvalue weighted by Crippen LogP contribution is -2.18. The van der Waals surface area contributed by atoms with Gasteiger partial charge < -0.3 is 5.11 Å². The molecule has 17 heavy (non-hydrogen) atoms. The molecule has 1 heterocycles. The molecule has 1 nitrogen and oxygen atoms in total. The average molecular weight is 319 g/mol. The highest BCUT2D eigenvalue weighted by Gasteiger charge is 2.19. The first-order valence-electron chi connectivity index (χ1n) is 6.18. The van der Waals surface area contributed by atoms with Crippen LogP contribution in [-0.4, -0.2) is 11.2 Å². The van der Waals surface area contributed by atoms with Crippen LogP contribution < -0.4 is 0 Å². The molecule has 1 N–H and O–H groups in total. The monoisotopic (exact) mass is 318 g/mol. The first-order valence-corrected chi connectivity index (χ1v) is 7.85. The van der Waals surface area contributed by atoms with Crippen molar-refractivity contribution in [2.24, 2.45) is 11.3 Å². The predicted octanol–water partition coefficient (Wildman–Crippen LogP) is 4.88. The first-order chi connectivity index (χ1) is 7.78. The quantitative estimate of drug-likeness (QED) is 0.820. The molecule has 1 aromatic rings. The third-order valence-corrected chi connectivity index (χ3v) is 4.70. The summed E-state index contributed by atoms with van der Waals surface area (Å²) in [6.45, 7) is 9.00. The van der Waals surface area contributed by atoms with Gasteiger partial charge in [-0.05, 0) is 51.6 Å². The summed E-state index contributed by atoms with van der Waals surface area (Å²) in [5, 5.41) is 12.2. The fourth-order valence-electron chi connectivity index (χ4n) is 2.36. The van der Waals surface area contributed by atoms with E-state index in [-0.39, 0.29) is 6.10 Å². The summed E-state index contributed by atoms with van der Waals surface area (Å²) in [7, 11) is 0. The first kappa shape index (κ1) is 15.2. The van der Waals surface area contributed by atoms with Gasteiger partial charge in [-0.3, -0.25) is 0 Å². The maximum Gasteiger partial charge on any atom is 0.0591 e. The van der Waals surface area contributed by atoms with E-state index >= 15 is 0 Å². The van der Waals surface area contributed by atoms with Gasteiger partial charge >= 0.3 is 0 Å². The van der Waals surface area contributed by atoms with Crippen molar-refractivity contribution >= 4 is 27.3 Å². The third-order valence-electron chi connectivity index (χ3n) is 2.75. The Bertz CT molecular complexity index is 340. The lowest BCUT2D eigenvalue weighted by atomic mass is 9.83. The Balaban J connectivity index is 2.39. The van der Waals surface area contributed by atoms with Crippen LogP contribution in [0, 0.1) is 11.3 Å². The van der Waals surface area contributed by atoms with E-state index in [4.69, 9.17) is 0 Å². The van der Waals surface area contributed by atoms with Crippen LogP contribution in [-0.2, 0) is 6.42 Å². The number of hydrogen-bond acceptors (Lipinski definition) is 2. The predicted molar refractivity (Wildman–Crippen MR) is 79.6 cm³/mol. The van der Waals surface area contributed by atoms with E-state index in [1.54, 1.807) is 11.3 Å². The minimum atomic E-state index is -0.220. The van der Waals surface area contributed by atoms with Crippen LogP contribution in [0.3, 0.4) is 0 Å². The van der Waals surface area contributed by atoms with Crippen LogP contribution in [0.1, 0.15) is 45.4 Å². The average Bonchev–Trinajstić information content (AvgIpc) is 2.47. The number of thiophene rings is 1. The van der Waals surface area contributed by atoms with Crippen molar-refractivity contribution in [1.29, 1.82) is 0 Å². The molecule has 0 radical (unpaired) electrons. The zero-order valence-electron chi connectivity index (χ0n) is 11.2. The summed E-state index contributed by atoms with van der Waals surface area (Å²) in [6, 6.07) is 2.05. The van der Waals surface area contributed by atoms with Crippen molar-refractivity contribution in [1.82, 2.24) is 0 Å². The van der Waals surface area contributed by atoms with E-state index in [0.717, 1.165) is 23.7 Å². The molecule has 98 valence electrons. The molecule has 0 bridgehead atoms. The SMILES string of the molecule is CC(CC(O)Cc1sccc1Br)CC(C)(C)C. The molecule has 0 aliphatic heterocycles. The maximum absolute atomic E-state index is 10.1. The summed E-state index contributed by atoms with van der Waals surface area (Å²) in [5.74, 6) is 0.573. The lowest BCUT2D eigenvalue weighted by molar-refractivity contribution is 0.133. The fraction of sp³-hybridized carbons (Fsp3) is 0.714. The largest absolute Gasteiger partial charge is 0.393 e. The topological polar surface area (TPSA) is 20.2 Å². The van der Waals surface area contributed by atoms with E-state index in [2.05, 4.69) is 49.0 Å². The second kappa shape index (κ2) is 6.35. The van der Waals surface area contributed by atoms with Crippen molar-refractivity contribution in [3.05, 3.63) is 20.8 Å². The van der Waals surface area contributed by atoms with Crippen LogP contribution in [0.5, 0.6) is 0 Å². The van der Waals surface area contributed by atoms with Crippen LogP contribution in [0.25, 0.3) is 0 Å². The number of rotatable bonds is 5. The van der Waals surface area contributed by atoms with Crippen molar-refractivity contribution in [3.8, 4) is 0 Å². The number of aliphatic hydroxyl groups is 1. The van der Waals surface area contributed by atoms with Gasteiger partial charge in [-0.2, -0.15) is 0 Å². The van der Waals surface area contributed by atoms with Gasteiger partial charge in [0.15, 0.2) is 0 Å². The molecule has 0 aromatic carbocycles. The normalized spacial score (nSPS) is 15.9. The summed E-state index contributed by atoms with van der Waals surface area (Å²) in [5.41, 5.74) is 0.350. The zero-order valence-corrected chi connectivity index (χ0v) is 13.6. The zero-order chi connectivity index (χ0) is 13.1. The molecule has 3 heteroatoms. The molecule has 2 unspecified atom stereocenters. The second-order valence-electron chi connectivity index (χ2n) is 6.16. The highest BCUT2D eigenvalue weighted by atomic mass is 79.9. The molecule has 0 saturated heterocycles. The molecular weight excluding hydrogens is 296 g/mol. The van der Waals surface area contributed by atoms with Crippen LogP contribution >= 0.6 is 27.3 Å². The lowest BCUT2D eigenvalue weighted by Gasteiger charge is -2.24. The third kappa shape index (κ3) is 6.03. The maximum atomic E-state index is 10.1. The standard InChI is InChI=1S/C14H23BrOS/c1-10(9-14(2,3)4)7-11(16)8-13-12(15)5-6-17-13/h5-6,10-11,16H,7-9H2,1-4H3. The summed E-state index contributed by atoms with van der Waals surface area (Å²) in [4.78, 5) is 1.25. The van der Waals surface area contributed by atoms with E-state index < -0.39 is 0 Å². The van der Waals surface area contributed by atoms with Crippen LogP contribution in [0.15, 0.2) is 15.9 Å². The number of hydrogen-bond donors (Lipinski definition) is 1. The molecule has 2 atom stereocenters. The smallest absolute Gasteiger partial charge is 0.0591 e. The minimum absolute atomic E-state index is 0.220. The van der Waals surface area contributed by atoms with E-state index in [1.807, 2.05) is 6.07 Å². The van der Waals surface area contributed by atoms with Gasteiger partial charge in [-0.1, -0.05) is 27.7 Å². The molecule has 0 amide bonds. The van der Waals surface area contributed by atoms with E-state index in [1.165, 1.54) is 4.88 Å². The number of halogens is 1. The Hall–Kier alpha value is 0.140. The molecule has 0 spiro atoms. The summed E-state index contributed by atoms with van der Waals surface area (Å²) < 4.78 is 1.13. The van der Waals surface area contributed by atoms with Crippen molar-refractivity contribution in [2.75, 3.05) is 0 Å². The van der Waals surface area contributed by atoms with Gasteiger partial charge in [-0.15, -0.1) is 11.3 Å². The minimum Gasteiger partial charge on any atom is -0.393 e. The second-order valence-corrected chi connectivity index (χ2v) is 8.01. The van der Waals surface area contributed by atoms with Crippen molar-refractivity contribution < 1.29 is 5.11 Å². The van der Waals surface area contributed by atoms with E-state index in [0.29, 0.717) is 11.3 Å². The molecular formula is C14H23BrOS. The van der Waals surface area contributed by atoms with Gasteiger partial charge in [0.05, 0.1) is 6.10 Å². The van der Waals surface area contributed by atoms with E-state index in [9.17, 15) is 5.11 Å². The molecule has 0 fully saturated rings. The van der Waals surface area contributed by atoms with Crippen molar-refractivity contribution in [3.63, 3.8) is 0 Å². The Morgan fingerprint density at radius 3 is 2.53 bits per heavy atom. The van der Waals surface area contributed by atoms with Gasteiger partial charge in [0.2, 0.25) is 0 Å². The van der Waals surface area contributed by atoms with Gasteiger partial charge in [0, 0.05) is 15.8 Å². The summed E-state index contributed by atoms with van der Waals surface area (Å²) >= 11 is 5.22. The van der Waals surface area contributed by atoms with Gasteiger partial charge in [-0.25, -0.2) is 0 Å². The van der Waals surface area contributed by atoms with Crippen LogP contribution in [0.2, 0.25) is 0 Å². The fourth-order valence-corrected chi connectivity index (χ4v) is 3.95. The highest BCUT2D eigenvalue weighted by molar-refractivity contribution is 9.10. The Morgan fingerprint density at radius 1 is 1.41 bits per heavy atom. The Morgan fingerprint density at radius 2 is 2.06 bits per heavy atom. The molecule has 0 aliphatic rings. The molecule has 1 aromatic heterocycles. The number of aliphatic hydroxyl groups excluding tert-OH is 1. The summed E-state index contributed by atoms with van der Waals surface area (Å²) in [6.07, 6.45) is 2.60. The molecule has 0 aliphatic carbocycles. The molecule has 1 rings (SSSR count). The van der Waals surface area contributed by atoms with Crippen LogP contribution in [0.4, 0.5) is 0 Å². The highest BCUT2D eigenvalue weighted by Crippen LogP contribution is 2.29. The van der Waals surface area contributed by atoms with Gasteiger partial charge in [0.25, 0.3) is 0 Å².